The first kappa shape index (κ1) is 24.2. The molecule has 0 fully saturated rings. The number of fused-ring (bicyclic) bond motifs is 7. The van der Waals surface area contributed by atoms with Gasteiger partial charge < -0.3 is 4.57 Å². The van der Waals surface area contributed by atoms with Crippen LogP contribution in [0.25, 0.3) is 77.3 Å². The largest absolute Gasteiger partial charge is 0.309 e. The van der Waals surface area contributed by atoms with Crippen LogP contribution < -0.4 is 0 Å². The summed E-state index contributed by atoms with van der Waals surface area (Å²) in [5.74, 6) is 0.634. The molecule has 9 aromatic rings. The zero-order valence-corrected chi connectivity index (χ0v) is 23.7. The fraction of sp³-hybridized carbons (Fsp3) is 0. The Morgan fingerprint density at radius 1 is 0.419 bits per heavy atom. The quantitative estimate of drug-likeness (QED) is 0.212. The highest BCUT2D eigenvalue weighted by Gasteiger charge is 2.18. The molecule has 9 rings (SSSR count). The molecule has 0 spiro atoms. The fourth-order valence-electron chi connectivity index (χ4n) is 6.50. The molecule has 0 aliphatic heterocycles. The SMILES string of the molecule is Clc1nc2ccccc2nc1-n1c2ccccc2c2cc(-c3ccc4c(c3)c3ccccc3n4-c3ccccc3)ccc21. The first-order valence-corrected chi connectivity index (χ1v) is 14.7. The molecule has 0 atom stereocenters. The Kier molecular flexibility index (Phi) is 5.22. The summed E-state index contributed by atoms with van der Waals surface area (Å²) in [6, 6.07) is 48.9. The van der Waals surface area contributed by atoms with E-state index in [-0.39, 0.29) is 0 Å². The third-order valence-corrected chi connectivity index (χ3v) is 8.67. The van der Waals surface area contributed by atoms with Crippen LogP contribution in [-0.4, -0.2) is 19.1 Å². The van der Waals surface area contributed by atoms with Crippen molar-refractivity contribution in [1.82, 2.24) is 19.1 Å². The van der Waals surface area contributed by atoms with Gasteiger partial charge in [0.2, 0.25) is 0 Å². The van der Waals surface area contributed by atoms with Crippen molar-refractivity contribution in [3.8, 4) is 22.6 Å². The first-order chi connectivity index (χ1) is 21.2. The van der Waals surface area contributed by atoms with E-state index >= 15 is 0 Å². The van der Waals surface area contributed by atoms with E-state index in [4.69, 9.17) is 16.6 Å². The fourth-order valence-corrected chi connectivity index (χ4v) is 6.72. The van der Waals surface area contributed by atoms with Crippen LogP contribution in [0.5, 0.6) is 0 Å². The number of hydrogen-bond donors (Lipinski definition) is 0. The molecule has 0 amide bonds. The molecule has 4 nitrogen and oxygen atoms in total. The minimum Gasteiger partial charge on any atom is -0.309 e. The molecule has 0 unspecified atom stereocenters. The van der Waals surface area contributed by atoms with Gasteiger partial charge in [-0.1, -0.05) is 90.5 Å². The first-order valence-electron chi connectivity index (χ1n) is 14.3. The lowest BCUT2D eigenvalue weighted by molar-refractivity contribution is 1.08. The Hall–Kier alpha value is -5.45. The van der Waals surface area contributed by atoms with E-state index in [0.29, 0.717) is 11.0 Å². The molecule has 5 heteroatoms. The molecule has 3 aromatic heterocycles. The molecule has 6 aromatic carbocycles. The molecule has 0 bridgehead atoms. The third-order valence-electron chi connectivity index (χ3n) is 8.42. The van der Waals surface area contributed by atoms with Crippen molar-refractivity contribution >= 4 is 66.2 Å². The lowest BCUT2D eigenvalue weighted by atomic mass is 10.0. The van der Waals surface area contributed by atoms with Crippen LogP contribution in [0.1, 0.15) is 0 Å². The van der Waals surface area contributed by atoms with E-state index < -0.39 is 0 Å². The number of nitrogens with zero attached hydrogens (tertiary/aromatic N) is 4. The van der Waals surface area contributed by atoms with Gasteiger partial charge in [0.25, 0.3) is 0 Å². The Morgan fingerprint density at radius 2 is 0.907 bits per heavy atom. The highest BCUT2D eigenvalue weighted by atomic mass is 35.5. The van der Waals surface area contributed by atoms with Crippen molar-refractivity contribution in [3.05, 3.63) is 145 Å². The van der Waals surface area contributed by atoms with Crippen LogP contribution in [0.4, 0.5) is 0 Å². The summed E-state index contributed by atoms with van der Waals surface area (Å²) in [7, 11) is 0. The minimum absolute atomic E-state index is 0.380. The summed E-state index contributed by atoms with van der Waals surface area (Å²) in [5, 5.41) is 5.15. The van der Waals surface area contributed by atoms with Gasteiger partial charge in [-0.15, -0.1) is 0 Å². The van der Waals surface area contributed by atoms with Gasteiger partial charge in [-0.25, -0.2) is 9.97 Å². The van der Waals surface area contributed by atoms with Crippen molar-refractivity contribution in [2.45, 2.75) is 0 Å². The van der Waals surface area contributed by atoms with E-state index in [0.717, 1.165) is 44.1 Å². The summed E-state index contributed by atoms with van der Waals surface area (Å²) in [6.07, 6.45) is 0. The molecule has 3 heterocycles. The number of para-hydroxylation sites is 5. The van der Waals surface area contributed by atoms with Gasteiger partial charge in [-0.3, -0.25) is 4.57 Å². The van der Waals surface area contributed by atoms with Gasteiger partial charge >= 0.3 is 0 Å². The maximum Gasteiger partial charge on any atom is 0.176 e. The second-order valence-corrected chi connectivity index (χ2v) is 11.2. The van der Waals surface area contributed by atoms with Crippen molar-refractivity contribution in [1.29, 1.82) is 0 Å². The highest BCUT2D eigenvalue weighted by Crippen LogP contribution is 2.38. The minimum atomic E-state index is 0.380. The predicted molar refractivity (Wildman–Crippen MR) is 179 cm³/mol. The summed E-state index contributed by atoms with van der Waals surface area (Å²) < 4.78 is 4.48. The number of hydrogen-bond acceptors (Lipinski definition) is 2. The van der Waals surface area contributed by atoms with Crippen LogP contribution >= 0.6 is 11.6 Å². The van der Waals surface area contributed by atoms with Gasteiger partial charge in [0.15, 0.2) is 11.0 Å². The molecule has 0 radical (unpaired) electrons. The zero-order valence-electron chi connectivity index (χ0n) is 22.9. The third kappa shape index (κ3) is 3.64. The van der Waals surface area contributed by atoms with Crippen molar-refractivity contribution in [2.24, 2.45) is 0 Å². The number of rotatable bonds is 3. The van der Waals surface area contributed by atoms with Crippen LogP contribution in [0.3, 0.4) is 0 Å². The summed E-state index contributed by atoms with van der Waals surface area (Å²) in [6.45, 7) is 0. The summed E-state index contributed by atoms with van der Waals surface area (Å²) in [5.41, 5.74) is 9.56. The summed E-state index contributed by atoms with van der Waals surface area (Å²) >= 11 is 6.78. The van der Waals surface area contributed by atoms with Crippen molar-refractivity contribution in [2.75, 3.05) is 0 Å². The molecule has 0 aliphatic rings. The Morgan fingerprint density at radius 3 is 1.56 bits per heavy atom. The van der Waals surface area contributed by atoms with Crippen molar-refractivity contribution in [3.63, 3.8) is 0 Å². The zero-order chi connectivity index (χ0) is 28.5. The Balaban J connectivity index is 1.27. The van der Waals surface area contributed by atoms with E-state index in [1.54, 1.807) is 0 Å². The second kappa shape index (κ2) is 9.28. The van der Waals surface area contributed by atoms with Crippen LogP contribution in [0.15, 0.2) is 140 Å². The second-order valence-electron chi connectivity index (χ2n) is 10.8. The molecule has 0 saturated heterocycles. The molecule has 0 saturated carbocycles. The van der Waals surface area contributed by atoms with E-state index in [1.165, 1.54) is 27.4 Å². The summed E-state index contributed by atoms with van der Waals surface area (Å²) in [4.78, 5) is 9.62. The maximum atomic E-state index is 6.78. The van der Waals surface area contributed by atoms with Gasteiger partial charge in [0.05, 0.1) is 33.1 Å². The predicted octanol–water partition coefficient (Wildman–Crippen LogP) is 10.1. The average Bonchev–Trinajstić information content (AvgIpc) is 3.57. The van der Waals surface area contributed by atoms with Gasteiger partial charge in [0, 0.05) is 27.2 Å². The smallest absolute Gasteiger partial charge is 0.176 e. The lowest BCUT2D eigenvalue weighted by Gasteiger charge is -2.10. The molecule has 43 heavy (non-hydrogen) atoms. The molecule has 0 N–H and O–H groups in total. The maximum absolute atomic E-state index is 6.78. The van der Waals surface area contributed by atoms with E-state index in [9.17, 15) is 0 Å². The Labute approximate surface area is 252 Å². The standard InChI is InChI=1S/C38H23ClN4/c39-37-38(41-32-15-7-6-14-31(32)40-37)43-34-17-9-5-13-28(34)30-23-25(19-21-36(30)43)24-18-20-35-29(22-24)27-12-4-8-16-33(27)42(35)26-10-2-1-3-11-26/h1-23H. The number of aromatic nitrogens is 4. The van der Waals surface area contributed by atoms with Crippen LogP contribution in [0.2, 0.25) is 5.15 Å². The number of halogens is 1. The van der Waals surface area contributed by atoms with Gasteiger partial charge in [-0.2, -0.15) is 0 Å². The van der Waals surface area contributed by atoms with Crippen molar-refractivity contribution < 1.29 is 0 Å². The van der Waals surface area contributed by atoms with Gasteiger partial charge in [-0.05, 0) is 71.8 Å². The topological polar surface area (TPSA) is 35.6 Å². The lowest BCUT2D eigenvalue weighted by Crippen LogP contribution is -2.01. The molecular formula is C38H23ClN4. The molecule has 202 valence electrons. The van der Waals surface area contributed by atoms with Crippen LogP contribution in [0, 0.1) is 0 Å². The van der Waals surface area contributed by atoms with E-state index in [2.05, 4.69) is 129 Å². The average molecular weight is 571 g/mol. The van der Waals surface area contributed by atoms with Gasteiger partial charge in [0.1, 0.15) is 0 Å². The monoisotopic (exact) mass is 570 g/mol. The van der Waals surface area contributed by atoms with Crippen LogP contribution in [-0.2, 0) is 0 Å². The Bertz CT molecular complexity index is 2520. The number of benzene rings is 6. The highest BCUT2D eigenvalue weighted by molar-refractivity contribution is 6.31. The molecular weight excluding hydrogens is 548 g/mol. The van der Waals surface area contributed by atoms with E-state index in [1.807, 2.05) is 24.3 Å². The molecule has 0 aliphatic carbocycles. The normalized spacial score (nSPS) is 11.8.